The highest BCUT2D eigenvalue weighted by Crippen LogP contribution is 2.34. The van der Waals surface area contributed by atoms with Crippen molar-refractivity contribution >= 4 is 41.0 Å². The average molecular weight is 383 g/mol. The summed E-state index contributed by atoms with van der Waals surface area (Å²) in [5.74, 6) is -0.00716. The number of allylic oxidation sites excluding steroid dienone is 1. The quantitative estimate of drug-likeness (QED) is 0.530. The largest absolute Gasteiger partial charge is 0.481 e. The van der Waals surface area contributed by atoms with Crippen molar-refractivity contribution in [2.24, 2.45) is 11.8 Å². The number of carboxylic acids is 1. The fourth-order valence-electron chi connectivity index (χ4n) is 3.38. The van der Waals surface area contributed by atoms with Crippen molar-refractivity contribution in [1.82, 2.24) is 0 Å². The summed E-state index contributed by atoms with van der Waals surface area (Å²) in [6.07, 6.45) is 10.4. The Bertz CT molecular complexity index is 640. The van der Waals surface area contributed by atoms with Gasteiger partial charge in [0, 0.05) is 18.8 Å². The number of benzene rings is 1. The van der Waals surface area contributed by atoms with Crippen LogP contribution in [-0.2, 0) is 9.59 Å². The van der Waals surface area contributed by atoms with Gasteiger partial charge in [-0.25, -0.2) is 0 Å². The van der Waals surface area contributed by atoms with Crippen molar-refractivity contribution in [3.63, 3.8) is 0 Å². The van der Waals surface area contributed by atoms with E-state index in [0.717, 1.165) is 37.7 Å². The molecule has 25 heavy (non-hydrogen) atoms. The molecule has 2 unspecified atom stereocenters. The minimum Gasteiger partial charge on any atom is -0.481 e. The summed E-state index contributed by atoms with van der Waals surface area (Å²) in [6.45, 7) is 0. The van der Waals surface area contributed by atoms with Gasteiger partial charge in [-0.1, -0.05) is 60.7 Å². The third kappa shape index (κ3) is 6.48. The Morgan fingerprint density at radius 2 is 1.92 bits per heavy atom. The number of rotatable bonds is 9. The van der Waals surface area contributed by atoms with Crippen LogP contribution >= 0.6 is 23.2 Å². The molecule has 2 atom stereocenters. The summed E-state index contributed by atoms with van der Waals surface area (Å²) in [5.41, 5.74) is 0.987. The smallest absolute Gasteiger partial charge is 0.303 e. The lowest BCUT2D eigenvalue weighted by Crippen LogP contribution is -2.13. The van der Waals surface area contributed by atoms with Crippen molar-refractivity contribution in [1.29, 1.82) is 0 Å². The van der Waals surface area contributed by atoms with Gasteiger partial charge < -0.3 is 5.11 Å². The maximum absolute atomic E-state index is 12.2. The lowest BCUT2D eigenvalue weighted by molar-refractivity contribution is -0.137. The molecule has 0 bridgehead atoms. The molecule has 5 heteroatoms. The molecule has 0 spiro atoms. The Morgan fingerprint density at radius 3 is 2.64 bits per heavy atom. The van der Waals surface area contributed by atoms with Gasteiger partial charge in [-0.2, -0.15) is 0 Å². The van der Waals surface area contributed by atoms with Crippen molar-refractivity contribution < 1.29 is 14.7 Å². The van der Waals surface area contributed by atoms with E-state index in [2.05, 4.69) is 6.08 Å². The fraction of sp³-hybridized carbons (Fsp3) is 0.500. The zero-order valence-corrected chi connectivity index (χ0v) is 15.7. The van der Waals surface area contributed by atoms with Crippen LogP contribution in [0.4, 0.5) is 0 Å². The molecule has 0 aliphatic heterocycles. The molecular weight excluding hydrogens is 359 g/mol. The molecule has 1 saturated carbocycles. The summed E-state index contributed by atoms with van der Waals surface area (Å²) in [7, 11) is 0. The molecule has 1 aromatic carbocycles. The van der Waals surface area contributed by atoms with E-state index in [1.807, 2.05) is 18.2 Å². The molecule has 1 fully saturated rings. The highest BCUT2D eigenvalue weighted by Gasteiger charge is 2.32. The molecule has 1 aromatic rings. The summed E-state index contributed by atoms with van der Waals surface area (Å²) in [5, 5.41) is 9.70. The van der Waals surface area contributed by atoms with Gasteiger partial charge in [-0.15, -0.1) is 0 Å². The van der Waals surface area contributed by atoms with E-state index in [1.54, 1.807) is 6.07 Å². The van der Waals surface area contributed by atoms with E-state index >= 15 is 0 Å². The minimum atomic E-state index is -0.738. The van der Waals surface area contributed by atoms with Gasteiger partial charge in [-0.05, 0) is 42.9 Å². The van der Waals surface area contributed by atoms with Crippen LogP contribution < -0.4 is 0 Å². The van der Waals surface area contributed by atoms with E-state index in [0.29, 0.717) is 28.7 Å². The number of aliphatic carboxylic acids is 1. The van der Waals surface area contributed by atoms with E-state index < -0.39 is 5.97 Å². The number of hydrogen-bond acceptors (Lipinski definition) is 2. The van der Waals surface area contributed by atoms with Gasteiger partial charge in [-0.3, -0.25) is 9.59 Å². The standard InChI is InChI=1S/C20H24Cl2O3/c21-17-11-8-14(13-18(17)22)7-9-15-10-12-19(23)16(15)5-3-1-2-4-6-20(24)25/h7-9,11,13,15-16H,1-6,10,12H2,(H,24,25). The summed E-state index contributed by atoms with van der Waals surface area (Å²) in [6, 6.07) is 5.52. The summed E-state index contributed by atoms with van der Waals surface area (Å²) < 4.78 is 0. The van der Waals surface area contributed by atoms with Crippen LogP contribution in [0.2, 0.25) is 10.0 Å². The molecule has 0 heterocycles. The lowest BCUT2D eigenvalue weighted by atomic mass is 9.89. The number of hydrogen-bond donors (Lipinski definition) is 1. The normalized spacial score (nSPS) is 20.5. The van der Waals surface area contributed by atoms with Crippen LogP contribution in [0.1, 0.15) is 56.9 Å². The molecule has 1 N–H and O–H groups in total. The zero-order valence-electron chi connectivity index (χ0n) is 14.2. The molecule has 136 valence electrons. The van der Waals surface area contributed by atoms with Crippen LogP contribution in [0.25, 0.3) is 6.08 Å². The predicted octanol–water partition coefficient (Wildman–Crippen LogP) is 6.03. The van der Waals surface area contributed by atoms with Crippen LogP contribution in [0, 0.1) is 11.8 Å². The monoisotopic (exact) mass is 382 g/mol. The number of carbonyl (C=O) groups is 2. The Balaban J connectivity index is 1.82. The molecule has 0 amide bonds. The molecule has 3 nitrogen and oxygen atoms in total. The number of halogens is 2. The molecule has 1 aliphatic rings. The van der Waals surface area contributed by atoms with Crippen LogP contribution in [0.5, 0.6) is 0 Å². The summed E-state index contributed by atoms with van der Waals surface area (Å²) >= 11 is 12.0. The topological polar surface area (TPSA) is 54.4 Å². The van der Waals surface area contributed by atoms with Gasteiger partial charge in [0.2, 0.25) is 0 Å². The number of carbonyl (C=O) groups excluding carboxylic acids is 1. The first-order chi connectivity index (χ1) is 12.0. The Hall–Kier alpha value is -1.32. The summed E-state index contributed by atoms with van der Waals surface area (Å²) in [4.78, 5) is 22.6. The average Bonchev–Trinajstić information content (AvgIpc) is 2.92. The molecular formula is C20H24Cl2O3. The minimum absolute atomic E-state index is 0.0958. The maximum atomic E-state index is 12.2. The van der Waals surface area contributed by atoms with Gasteiger partial charge in [0.1, 0.15) is 5.78 Å². The van der Waals surface area contributed by atoms with Crippen molar-refractivity contribution in [3.8, 4) is 0 Å². The number of carboxylic acid groups (broad SMARTS) is 1. The fourth-order valence-corrected chi connectivity index (χ4v) is 3.69. The lowest BCUT2D eigenvalue weighted by Gasteiger charge is -2.14. The van der Waals surface area contributed by atoms with E-state index in [4.69, 9.17) is 28.3 Å². The number of unbranched alkanes of at least 4 members (excludes halogenated alkanes) is 3. The third-order valence-corrected chi connectivity index (χ3v) is 5.53. The van der Waals surface area contributed by atoms with Gasteiger partial charge in [0.15, 0.2) is 0 Å². The number of Topliss-reactive ketones (excluding diaryl/α,β-unsaturated/α-hetero) is 1. The molecule has 0 aromatic heterocycles. The van der Waals surface area contributed by atoms with E-state index in [1.165, 1.54) is 0 Å². The Morgan fingerprint density at radius 1 is 1.16 bits per heavy atom. The maximum Gasteiger partial charge on any atom is 0.303 e. The second kappa shape index (κ2) is 9.98. The van der Waals surface area contributed by atoms with Gasteiger partial charge >= 0.3 is 5.97 Å². The molecule has 1 aliphatic carbocycles. The van der Waals surface area contributed by atoms with Gasteiger partial charge in [0.25, 0.3) is 0 Å². The molecule has 2 rings (SSSR count). The first kappa shape index (κ1) is 20.0. The zero-order chi connectivity index (χ0) is 18.2. The Labute approximate surface area is 159 Å². The first-order valence-corrected chi connectivity index (χ1v) is 9.60. The second-order valence-corrected chi connectivity index (χ2v) is 7.47. The van der Waals surface area contributed by atoms with Crippen LogP contribution in [0.15, 0.2) is 24.3 Å². The third-order valence-electron chi connectivity index (χ3n) is 4.79. The molecule has 0 radical (unpaired) electrons. The van der Waals surface area contributed by atoms with Crippen LogP contribution in [0.3, 0.4) is 0 Å². The predicted molar refractivity (Wildman–Crippen MR) is 102 cm³/mol. The highest BCUT2D eigenvalue weighted by molar-refractivity contribution is 6.42. The first-order valence-electron chi connectivity index (χ1n) is 8.85. The second-order valence-electron chi connectivity index (χ2n) is 6.65. The van der Waals surface area contributed by atoms with Crippen molar-refractivity contribution in [2.75, 3.05) is 0 Å². The number of ketones is 1. The van der Waals surface area contributed by atoms with Gasteiger partial charge in [0.05, 0.1) is 10.0 Å². The van der Waals surface area contributed by atoms with E-state index in [9.17, 15) is 9.59 Å². The SMILES string of the molecule is O=C(O)CCCCCCC1C(=O)CCC1C=Cc1ccc(Cl)c(Cl)c1. The van der Waals surface area contributed by atoms with Crippen molar-refractivity contribution in [2.45, 2.75) is 51.4 Å². The van der Waals surface area contributed by atoms with Crippen LogP contribution in [-0.4, -0.2) is 16.9 Å². The van der Waals surface area contributed by atoms with E-state index in [-0.39, 0.29) is 18.3 Å². The Kier molecular flexibility index (Phi) is 7.98. The highest BCUT2D eigenvalue weighted by atomic mass is 35.5. The molecule has 0 saturated heterocycles. The van der Waals surface area contributed by atoms with Crippen molar-refractivity contribution in [3.05, 3.63) is 39.9 Å².